The predicted molar refractivity (Wildman–Crippen MR) is 69.6 cm³/mol. The zero-order valence-corrected chi connectivity index (χ0v) is 10.3. The van der Waals surface area contributed by atoms with Crippen LogP contribution in [0, 0.1) is 6.92 Å². The number of hydrogen-bond donors (Lipinski definition) is 2. The highest BCUT2D eigenvalue weighted by atomic mass is 14.7. The van der Waals surface area contributed by atoms with Crippen molar-refractivity contribution in [3.8, 4) is 0 Å². The third-order valence-corrected chi connectivity index (χ3v) is 2.88. The van der Waals surface area contributed by atoms with Crippen LogP contribution in [0.5, 0.6) is 0 Å². The summed E-state index contributed by atoms with van der Waals surface area (Å²) in [5, 5.41) is 1.30. The summed E-state index contributed by atoms with van der Waals surface area (Å²) in [6.45, 7) is 6.24. The van der Waals surface area contributed by atoms with Gasteiger partial charge in [-0.3, -0.25) is 0 Å². The molecular formula is C14H20N2. The van der Waals surface area contributed by atoms with E-state index in [2.05, 4.69) is 50.0 Å². The van der Waals surface area contributed by atoms with Crippen molar-refractivity contribution < 1.29 is 0 Å². The van der Waals surface area contributed by atoms with Crippen LogP contribution in [0.1, 0.15) is 31.5 Å². The molecule has 0 saturated carbocycles. The van der Waals surface area contributed by atoms with Gasteiger partial charge in [0.15, 0.2) is 0 Å². The number of fused-ring (bicyclic) bond motifs is 1. The quantitative estimate of drug-likeness (QED) is 0.813. The molecule has 0 aliphatic rings. The van der Waals surface area contributed by atoms with Crippen LogP contribution in [0.3, 0.4) is 0 Å². The van der Waals surface area contributed by atoms with Crippen molar-refractivity contribution in [1.82, 2.24) is 4.98 Å². The van der Waals surface area contributed by atoms with E-state index in [1.807, 2.05) is 0 Å². The monoisotopic (exact) mass is 216 g/mol. The number of H-pyrrole nitrogens is 1. The first kappa shape index (κ1) is 11.2. The van der Waals surface area contributed by atoms with Gasteiger partial charge in [-0.1, -0.05) is 6.07 Å². The molecule has 0 bridgehead atoms. The van der Waals surface area contributed by atoms with E-state index in [1.54, 1.807) is 0 Å². The van der Waals surface area contributed by atoms with E-state index in [0.29, 0.717) is 0 Å². The summed E-state index contributed by atoms with van der Waals surface area (Å²) in [7, 11) is 0. The third-order valence-electron chi connectivity index (χ3n) is 2.88. The second-order valence-corrected chi connectivity index (χ2v) is 5.36. The van der Waals surface area contributed by atoms with Gasteiger partial charge < -0.3 is 10.7 Å². The van der Waals surface area contributed by atoms with Crippen LogP contribution in [-0.2, 0) is 6.42 Å². The third kappa shape index (κ3) is 2.64. The molecule has 0 spiro atoms. The Morgan fingerprint density at radius 2 is 2.00 bits per heavy atom. The van der Waals surface area contributed by atoms with Gasteiger partial charge in [-0.05, 0) is 62.8 Å². The molecule has 0 saturated heterocycles. The molecule has 0 radical (unpaired) electrons. The topological polar surface area (TPSA) is 41.8 Å². The zero-order valence-electron chi connectivity index (χ0n) is 10.3. The Kier molecular flexibility index (Phi) is 2.76. The summed E-state index contributed by atoms with van der Waals surface area (Å²) in [6.07, 6.45) is 2.06. The van der Waals surface area contributed by atoms with Gasteiger partial charge in [0.1, 0.15) is 0 Å². The fourth-order valence-corrected chi connectivity index (χ4v) is 1.95. The lowest BCUT2D eigenvalue weighted by molar-refractivity contribution is 0.477. The summed E-state index contributed by atoms with van der Waals surface area (Å²) in [4.78, 5) is 3.33. The van der Waals surface area contributed by atoms with Crippen molar-refractivity contribution in [1.29, 1.82) is 0 Å². The minimum atomic E-state index is -0.0803. The zero-order chi connectivity index (χ0) is 11.8. The lowest BCUT2D eigenvalue weighted by atomic mass is 9.96. The van der Waals surface area contributed by atoms with Crippen LogP contribution in [0.25, 0.3) is 10.9 Å². The first-order valence-electron chi connectivity index (χ1n) is 5.81. The Bertz CT molecular complexity index is 489. The average Bonchev–Trinajstić information content (AvgIpc) is 2.52. The van der Waals surface area contributed by atoms with E-state index in [1.165, 1.54) is 22.2 Å². The van der Waals surface area contributed by atoms with Gasteiger partial charge in [-0.2, -0.15) is 0 Å². The number of aromatic nitrogens is 1. The van der Waals surface area contributed by atoms with E-state index in [9.17, 15) is 0 Å². The minimum absolute atomic E-state index is 0.0803. The van der Waals surface area contributed by atoms with Crippen LogP contribution < -0.4 is 5.73 Å². The van der Waals surface area contributed by atoms with E-state index in [4.69, 9.17) is 5.73 Å². The molecule has 2 heteroatoms. The van der Waals surface area contributed by atoms with Crippen LogP contribution in [0.2, 0.25) is 0 Å². The number of aromatic amines is 1. The number of nitrogens with two attached hydrogens (primary N) is 1. The van der Waals surface area contributed by atoms with E-state index in [-0.39, 0.29) is 5.54 Å². The Labute approximate surface area is 96.9 Å². The molecule has 1 aromatic carbocycles. The fourth-order valence-electron chi connectivity index (χ4n) is 1.95. The summed E-state index contributed by atoms with van der Waals surface area (Å²) < 4.78 is 0. The summed E-state index contributed by atoms with van der Waals surface area (Å²) in [5.41, 5.74) is 9.71. The second kappa shape index (κ2) is 3.95. The van der Waals surface area contributed by atoms with Crippen molar-refractivity contribution in [2.75, 3.05) is 0 Å². The van der Waals surface area contributed by atoms with E-state index in [0.717, 1.165) is 12.8 Å². The van der Waals surface area contributed by atoms with Gasteiger partial charge in [-0.25, -0.2) is 0 Å². The van der Waals surface area contributed by atoms with Gasteiger partial charge in [0.25, 0.3) is 0 Å². The lowest BCUT2D eigenvalue weighted by Gasteiger charge is -2.17. The molecule has 0 fully saturated rings. The largest absolute Gasteiger partial charge is 0.359 e. The molecule has 0 atom stereocenters. The molecule has 0 amide bonds. The van der Waals surface area contributed by atoms with Crippen molar-refractivity contribution in [3.05, 3.63) is 35.5 Å². The molecule has 1 heterocycles. The van der Waals surface area contributed by atoms with Crippen molar-refractivity contribution >= 4 is 10.9 Å². The van der Waals surface area contributed by atoms with Gasteiger partial charge in [0.2, 0.25) is 0 Å². The fraction of sp³-hybridized carbons (Fsp3) is 0.429. The molecule has 86 valence electrons. The highest BCUT2D eigenvalue weighted by Crippen LogP contribution is 2.19. The SMILES string of the molecule is Cc1cc2cc(CCC(C)(C)N)ccc2[nH]1. The molecule has 3 N–H and O–H groups in total. The Balaban J connectivity index is 2.19. The Morgan fingerprint density at radius 3 is 2.69 bits per heavy atom. The predicted octanol–water partition coefficient (Wildman–Crippen LogP) is 3.15. The summed E-state index contributed by atoms with van der Waals surface area (Å²) >= 11 is 0. The maximum atomic E-state index is 5.99. The summed E-state index contributed by atoms with van der Waals surface area (Å²) in [5.74, 6) is 0. The maximum Gasteiger partial charge on any atom is 0.0456 e. The van der Waals surface area contributed by atoms with Crippen molar-refractivity contribution in [2.45, 2.75) is 39.2 Å². The molecular weight excluding hydrogens is 196 g/mol. The van der Waals surface area contributed by atoms with E-state index >= 15 is 0 Å². The molecule has 16 heavy (non-hydrogen) atoms. The van der Waals surface area contributed by atoms with Gasteiger partial charge in [-0.15, -0.1) is 0 Å². The number of hydrogen-bond acceptors (Lipinski definition) is 1. The highest BCUT2D eigenvalue weighted by molar-refractivity contribution is 5.81. The molecule has 0 aliphatic heterocycles. The molecule has 0 unspecified atom stereocenters. The molecule has 1 aromatic heterocycles. The minimum Gasteiger partial charge on any atom is -0.359 e. The van der Waals surface area contributed by atoms with Crippen molar-refractivity contribution in [2.24, 2.45) is 5.73 Å². The Hall–Kier alpha value is -1.28. The van der Waals surface area contributed by atoms with Gasteiger partial charge in [0.05, 0.1) is 0 Å². The van der Waals surface area contributed by atoms with Gasteiger partial charge in [0, 0.05) is 16.7 Å². The number of benzene rings is 1. The molecule has 2 nitrogen and oxygen atoms in total. The smallest absolute Gasteiger partial charge is 0.0456 e. The first-order valence-corrected chi connectivity index (χ1v) is 5.81. The molecule has 2 rings (SSSR count). The second-order valence-electron chi connectivity index (χ2n) is 5.36. The van der Waals surface area contributed by atoms with E-state index < -0.39 is 0 Å². The van der Waals surface area contributed by atoms with Crippen LogP contribution in [-0.4, -0.2) is 10.5 Å². The first-order chi connectivity index (χ1) is 7.44. The van der Waals surface area contributed by atoms with Crippen LogP contribution in [0.15, 0.2) is 24.3 Å². The number of rotatable bonds is 3. The average molecular weight is 216 g/mol. The highest BCUT2D eigenvalue weighted by Gasteiger charge is 2.10. The summed E-state index contributed by atoms with van der Waals surface area (Å²) in [6, 6.07) is 8.78. The van der Waals surface area contributed by atoms with Gasteiger partial charge >= 0.3 is 0 Å². The maximum absolute atomic E-state index is 5.99. The van der Waals surface area contributed by atoms with Crippen LogP contribution in [0.4, 0.5) is 0 Å². The van der Waals surface area contributed by atoms with Crippen molar-refractivity contribution in [3.63, 3.8) is 0 Å². The Morgan fingerprint density at radius 1 is 1.25 bits per heavy atom. The lowest BCUT2D eigenvalue weighted by Crippen LogP contribution is -2.32. The standard InChI is InChI=1S/C14H20N2/c1-10-8-12-9-11(4-5-13(12)16-10)6-7-14(2,3)15/h4-5,8-9,16H,6-7,15H2,1-3H3. The molecule has 0 aliphatic carbocycles. The normalized spacial score (nSPS) is 12.2. The van der Waals surface area contributed by atoms with Crippen LogP contribution >= 0.6 is 0 Å². The molecule has 2 aromatic rings. The number of nitrogens with one attached hydrogen (secondary N) is 1. The number of aryl methyl sites for hydroxylation is 2.